The average Bonchev–Trinajstić information content (AvgIpc) is 3.18. The van der Waals surface area contributed by atoms with E-state index in [1.54, 1.807) is 24.5 Å². The van der Waals surface area contributed by atoms with Gasteiger partial charge in [-0.2, -0.15) is 0 Å². The number of amides is 1. The summed E-state index contributed by atoms with van der Waals surface area (Å²) in [6, 6.07) is 9.83. The zero-order chi connectivity index (χ0) is 17.6. The predicted octanol–water partition coefficient (Wildman–Crippen LogP) is 3.73. The largest absolute Gasteiger partial charge is 0.368 e. The lowest BCUT2D eigenvalue weighted by Crippen LogP contribution is -2.42. The molecule has 25 heavy (non-hydrogen) atoms. The van der Waals surface area contributed by atoms with Crippen molar-refractivity contribution in [3.05, 3.63) is 65.7 Å². The van der Waals surface area contributed by atoms with Crippen molar-refractivity contribution in [3.63, 3.8) is 0 Å². The monoisotopic (exact) mass is 342 g/mol. The highest BCUT2D eigenvalue weighted by atomic mass is 19.1. The highest BCUT2D eigenvalue weighted by molar-refractivity contribution is 5.82. The summed E-state index contributed by atoms with van der Waals surface area (Å²) in [5, 5.41) is 0. The number of hydrogen-bond acceptors (Lipinski definition) is 3. The summed E-state index contributed by atoms with van der Waals surface area (Å²) >= 11 is 0. The number of ether oxygens (including phenoxy) is 1. The molecule has 1 aromatic heterocycles. The quantitative estimate of drug-likeness (QED) is 0.803. The SMILES string of the molecule is CCCN(C(=O)[C@H]1CCCO1)[C@H](c1ccc(F)cc1)c1cccnc1. The van der Waals surface area contributed by atoms with Crippen molar-refractivity contribution in [3.8, 4) is 0 Å². The van der Waals surface area contributed by atoms with Crippen molar-refractivity contribution in [2.75, 3.05) is 13.2 Å². The van der Waals surface area contributed by atoms with Crippen LogP contribution in [0.5, 0.6) is 0 Å². The van der Waals surface area contributed by atoms with E-state index in [4.69, 9.17) is 4.74 Å². The van der Waals surface area contributed by atoms with E-state index in [-0.39, 0.29) is 23.9 Å². The molecule has 0 N–H and O–H groups in total. The molecule has 132 valence electrons. The summed E-state index contributed by atoms with van der Waals surface area (Å²) in [4.78, 5) is 19.1. The van der Waals surface area contributed by atoms with Gasteiger partial charge in [-0.3, -0.25) is 9.78 Å². The normalized spacial score (nSPS) is 18.1. The van der Waals surface area contributed by atoms with Crippen molar-refractivity contribution in [2.45, 2.75) is 38.3 Å². The molecule has 3 rings (SSSR count). The van der Waals surface area contributed by atoms with Gasteiger partial charge in [0.2, 0.25) is 0 Å². The van der Waals surface area contributed by atoms with E-state index in [2.05, 4.69) is 4.98 Å². The predicted molar refractivity (Wildman–Crippen MR) is 93.5 cm³/mol. The Morgan fingerprint density at radius 1 is 1.32 bits per heavy atom. The third kappa shape index (κ3) is 4.04. The van der Waals surface area contributed by atoms with Gasteiger partial charge in [0, 0.05) is 25.5 Å². The van der Waals surface area contributed by atoms with Crippen LogP contribution in [0.15, 0.2) is 48.8 Å². The van der Waals surface area contributed by atoms with Crippen molar-refractivity contribution >= 4 is 5.91 Å². The second-order valence-electron chi connectivity index (χ2n) is 6.27. The van der Waals surface area contributed by atoms with E-state index in [9.17, 15) is 9.18 Å². The third-order valence-electron chi connectivity index (χ3n) is 4.45. The van der Waals surface area contributed by atoms with Crippen molar-refractivity contribution < 1.29 is 13.9 Å². The Hall–Kier alpha value is -2.27. The molecule has 0 unspecified atom stereocenters. The highest BCUT2D eigenvalue weighted by Crippen LogP contribution is 2.30. The molecule has 0 bridgehead atoms. The van der Waals surface area contributed by atoms with E-state index in [0.29, 0.717) is 13.2 Å². The number of hydrogen-bond donors (Lipinski definition) is 0. The second kappa shape index (κ2) is 8.21. The number of benzene rings is 1. The first-order valence-electron chi connectivity index (χ1n) is 8.78. The Labute approximate surface area is 147 Å². The van der Waals surface area contributed by atoms with Gasteiger partial charge in [-0.05, 0) is 48.6 Å². The van der Waals surface area contributed by atoms with Gasteiger partial charge in [0.1, 0.15) is 11.9 Å². The fourth-order valence-electron chi connectivity index (χ4n) is 3.30. The first-order valence-corrected chi connectivity index (χ1v) is 8.78. The Balaban J connectivity index is 2.00. The van der Waals surface area contributed by atoms with Gasteiger partial charge in [-0.25, -0.2) is 4.39 Å². The number of halogens is 1. The van der Waals surface area contributed by atoms with Crippen LogP contribution in [-0.4, -0.2) is 35.0 Å². The fraction of sp³-hybridized carbons (Fsp3) is 0.400. The molecule has 5 heteroatoms. The minimum atomic E-state index is -0.383. The van der Waals surface area contributed by atoms with Gasteiger partial charge < -0.3 is 9.64 Å². The Kier molecular flexibility index (Phi) is 5.76. The van der Waals surface area contributed by atoms with Gasteiger partial charge in [-0.1, -0.05) is 25.1 Å². The Morgan fingerprint density at radius 3 is 2.72 bits per heavy atom. The molecule has 0 aliphatic carbocycles. The van der Waals surface area contributed by atoms with E-state index >= 15 is 0 Å². The van der Waals surface area contributed by atoms with Crippen LogP contribution in [0.25, 0.3) is 0 Å². The Morgan fingerprint density at radius 2 is 2.12 bits per heavy atom. The van der Waals surface area contributed by atoms with E-state index in [1.807, 2.05) is 24.0 Å². The van der Waals surface area contributed by atoms with Gasteiger partial charge in [0.05, 0.1) is 6.04 Å². The smallest absolute Gasteiger partial charge is 0.252 e. The van der Waals surface area contributed by atoms with E-state index in [1.165, 1.54) is 12.1 Å². The zero-order valence-electron chi connectivity index (χ0n) is 14.4. The lowest BCUT2D eigenvalue weighted by atomic mass is 9.97. The van der Waals surface area contributed by atoms with Crippen LogP contribution >= 0.6 is 0 Å². The number of carbonyl (C=O) groups is 1. The van der Waals surface area contributed by atoms with Crippen LogP contribution in [-0.2, 0) is 9.53 Å². The summed E-state index contributed by atoms with van der Waals surface area (Å²) in [5.74, 6) is -0.293. The number of pyridine rings is 1. The molecule has 1 aliphatic heterocycles. The maximum absolute atomic E-state index is 13.4. The molecule has 1 fully saturated rings. The maximum Gasteiger partial charge on any atom is 0.252 e. The molecule has 2 heterocycles. The van der Waals surface area contributed by atoms with Crippen molar-refractivity contribution in [1.82, 2.24) is 9.88 Å². The standard InChI is InChI=1S/C20H23FN2O2/c1-2-12-23(20(24)18-6-4-13-25-18)19(16-5-3-11-22-14-16)15-7-9-17(21)10-8-15/h3,5,7-11,14,18-19H,2,4,6,12-13H2,1H3/t18-,19-/m1/s1. The molecule has 4 nitrogen and oxygen atoms in total. The number of rotatable bonds is 6. The summed E-state index contributed by atoms with van der Waals surface area (Å²) in [6.45, 7) is 3.28. The topological polar surface area (TPSA) is 42.4 Å². The van der Waals surface area contributed by atoms with Crippen LogP contribution < -0.4 is 0 Å². The lowest BCUT2D eigenvalue weighted by molar-refractivity contribution is -0.142. The average molecular weight is 342 g/mol. The van der Waals surface area contributed by atoms with Gasteiger partial charge in [0.25, 0.3) is 5.91 Å². The van der Waals surface area contributed by atoms with Crippen molar-refractivity contribution in [2.24, 2.45) is 0 Å². The van der Waals surface area contributed by atoms with Crippen molar-refractivity contribution in [1.29, 1.82) is 0 Å². The summed E-state index contributed by atoms with van der Waals surface area (Å²) in [7, 11) is 0. The van der Waals surface area contributed by atoms with E-state index < -0.39 is 0 Å². The molecule has 1 aliphatic rings. The molecule has 0 saturated carbocycles. The second-order valence-corrected chi connectivity index (χ2v) is 6.27. The first kappa shape index (κ1) is 17.5. The fourth-order valence-corrected chi connectivity index (χ4v) is 3.30. The molecular formula is C20H23FN2O2. The molecule has 1 amide bonds. The van der Waals surface area contributed by atoms with Crippen LogP contribution in [0, 0.1) is 5.82 Å². The summed E-state index contributed by atoms with van der Waals surface area (Å²) < 4.78 is 19.0. The Bertz CT molecular complexity index is 685. The van der Waals surface area contributed by atoms with Crippen LogP contribution in [0.1, 0.15) is 43.4 Å². The number of nitrogens with zero attached hydrogens (tertiary/aromatic N) is 2. The number of aromatic nitrogens is 1. The maximum atomic E-state index is 13.4. The third-order valence-corrected chi connectivity index (χ3v) is 4.45. The molecule has 0 radical (unpaired) electrons. The molecule has 2 aromatic rings. The molecule has 1 saturated heterocycles. The number of carbonyl (C=O) groups excluding carboxylic acids is 1. The van der Waals surface area contributed by atoms with E-state index in [0.717, 1.165) is 30.4 Å². The first-order chi connectivity index (χ1) is 12.2. The molecular weight excluding hydrogens is 319 g/mol. The molecule has 2 atom stereocenters. The summed E-state index contributed by atoms with van der Waals surface area (Å²) in [5.41, 5.74) is 1.78. The molecule has 0 spiro atoms. The lowest BCUT2D eigenvalue weighted by Gasteiger charge is -2.34. The van der Waals surface area contributed by atoms with Gasteiger partial charge in [0.15, 0.2) is 0 Å². The minimum absolute atomic E-state index is 0.00229. The molecule has 1 aromatic carbocycles. The van der Waals surface area contributed by atoms with Gasteiger partial charge in [-0.15, -0.1) is 0 Å². The van der Waals surface area contributed by atoms with Gasteiger partial charge >= 0.3 is 0 Å². The van der Waals surface area contributed by atoms with Crippen LogP contribution in [0.4, 0.5) is 4.39 Å². The summed E-state index contributed by atoms with van der Waals surface area (Å²) in [6.07, 6.45) is 5.58. The van der Waals surface area contributed by atoms with Crippen LogP contribution in [0.3, 0.4) is 0 Å². The zero-order valence-corrected chi connectivity index (χ0v) is 14.4. The highest BCUT2D eigenvalue weighted by Gasteiger charge is 2.33. The van der Waals surface area contributed by atoms with Crippen LogP contribution in [0.2, 0.25) is 0 Å². The minimum Gasteiger partial charge on any atom is -0.368 e.